The fraction of sp³-hybridized carbons (Fsp3) is 0.647. The summed E-state index contributed by atoms with van der Waals surface area (Å²) >= 11 is 9.72. The minimum Gasteiger partial charge on any atom is -0.324 e. The molecule has 0 saturated heterocycles. The maximum atomic E-state index is 6.27. The molecule has 1 nitrogen and oxygen atoms in total. The topological polar surface area (TPSA) is 26.0 Å². The normalized spacial score (nSPS) is 12.6. The number of nitrogens with two attached hydrogens (primary N) is 1. The summed E-state index contributed by atoms with van der Waals surface area (Å²) in [5, 5.41) is 0.763. The van der Waals surface area contributed by atoms with Crippen LogP contribution in [0.25, 0.3) is 0 Å². The first-order chi connectivity index (χ1) is 9.66. The molecular formula is C17H27BrClN. The van der Waals surface area contributed by atoms with E-state index in [9.17, 15) is 0 Å². The smallest absolute Gasteiger partial charge is 0.0595 e. The lowest BCUT2D eigenvalue weighted by Crippen LogP contribution is -2.10. The summed E-state index contributed by atoms with van der Waals surface area (Å²) in [6.07, 6.45) is 11.7. The number of rotatable bonds is 10. The van der Waals surface area contributed by atoms with Crippen LogP contribution in [0.5, 0.6) is 0 Å². The van der Waals surface area contributed by atoms with Crippen molar-refractivity contribution in [3.63, 3.8) is 0 Å². The van der Waals surface area contributed by atoms with Crippen molar-refractivity contribution in [2.45, 2.75) is 70.8 Å². The lowest BCUT2D eigenvalue weighted by atomic mass is 10.00. The minimum absolute atomic E-state index is 0.0556. The van der Waals surface area contributed by atoms with Crippen LogP contribution in [0.2, 0.25) is 5.02 Å². The zero-order valence-electron chi connectivity index (χ0n) is 12.5. The highest BCUT2D eigenvalue weighted by atomic mass is 79.9. The molecule has 1 aromatic rings. The Morgan fingerprint density at radius 3 is 2.30 bits per heavy atom. The largest absolute Gasteiger partial charge is 0.324 e. The molecular weight excluding hydrogens is 334 g/mol. The van der Waals surface area contributed by atoms with E-state index in [4.69, 9.17) is 17.3 Å². The third kappa shape index (κ3) is 6.60. The van der Waals surface area contributed by atoms with E-state index < -0.39 is 0 Å². The van der Waals surface area contributed by atoms with Gasteiger partial charge < -0.3 is 5.73 Å². The Hall–Kier alpha value is -0.0500. The third-order valence-electron chi connectivity index (χ3n) is 3.75. The quantitative estimate of drug-likeness (QED) is 0.465. The van der Waals surface area contributed by atoms with Gasteiger partial charge in [0.1, 0.15) is 0 Å². The van der Waals surface area contributed by atoms with E-state index in [1.807, 2.05) is 18.2 Å². The van der Waals surface area contributed by atoms with Crippen molar-refractivity contribution in [3.8, 4) is 0 Å². The van der Waals surface area contributed by atoms with E-state index in [1.54, 1.807) is 0 Å². The highest BCUT2D eigenvalue weighted by molar-refractivity contribution is 9.10. The maximum absolute atomic E-state index is 6.27. The number of hydrogen-bond donors (Lipinski definition) is 1. The van der Waals surface area contributed by atoms with Gasteiger partial charge in [-0.1, -0.05) is 82.0 Å². The molecule has 20 heavy (non-hydrogen) atoms. The first-order valence-electron chi connectivity index (χ1n) is 7.86. The Bertz CT molecular complexity index is 381. The van der Waals surface area contributed by atoms with Gasteiger partial charge in [-0.15, -0.1) is 0 Å². The first kappa shape index (κ1) is 18.0. The molecule has 0 aliphatic carbocycles. The molecule has 114 valence electrons. The Kier molecular flexibility index (Phi) is 9.58. The lowest BCUT2D eigenvalue weighted by molar-refractivity contribution is 0.536. The number of unbranched alkanes of at least 4 members (excludes halogenated alkanes) is 7. The van der Waals surface area contributed by atoms with Crippen LogP contribution in [-0.2, 0) is 0 Å². The van der Waals surface area contributed by atoms with E-state index in [2.05, 4.69) is 22.9 Å². The summed E-state index contributed by atoms with van der Waals surface area (Å²) in [5.74, 6) is 0. The fourth-order valence-electron chi connectivity index (χ4n) is 2.46. The molecule has 3 heteroatoms. The fourth-order valence-corrected chi connectivity index (χ4v) is 3.11. The molecule has 1 atom stereocenters. The molecule has 0 radical (unpaired) electrons. The summed E-state index contributed by atoms with van der Waals surface area (Å²) in [5.41, 5.74) is 7.30. The average Bonchev–Trinajstić information content (AvgIpc) is 2.44. The maximum Gasteiger partial charge on any atom is 0.0595 e. The second-order valence-electron chi connectivity index (χ2n) is 5.51. The predicted molar refractivity (Wildman–Crippen MR) is 93.3 cm³/mol. The van der Waals surface area contributed by atoms with Crippen LogP contribution in [0.15, 0.2) is 22.7 Å². The molecule has 1 unspecified atom stereocenters. The van der Waals surface area contributed by atoms with Crippen molar-refractivity contribution in [3.05, 3.63) is 33.3 Å². The van der Waals surface area contributed by atoms with Gasteiger partial charge in [-0.05, 0) is 34.0 Å². The molecule has 0 fully saturated rings. The molecule has 0 bridgehead atoms. The van der Waals surface area contributed by atoms with Crippen molar-refractivity contribution >= 4 is 27.5 Å². The molecule has 1 aromatic carbocycles. The van der Waals surface area contributed by atoms with E-state index in [0.29, 0.717) is 0 Å². The number of hydrogen-bond acceptors (Lipinski definition) is 1. The summed E-state index contributed by atoms with van der Waals surface area (Å²) in [6, 6.07) is 6.04. The van der Waals surface area contributed by atoms with Crippen LogP contribution in [0.3, 0.4) is 0 Å². The predicted octanol–water partition coefficient (Wildman–Crippen LogP) is 6.63. The van der Waals surface area contributed by atoms with Gasteiger partial charge in [0.15, 0.2) is 0 Å². The van der Waals surface area contributed by atoms with Crippen LogP contribution in [0.1, 0.15) is 76.3 Å². The number of benzene rings is 1. The molecule has 1 rings (SSSR count). The zero-order chi connectivity index (χ0) is 14.8. The van der Waals surface area contributed by atoms with Gasteiger partial charge >= 0.3 is 0 Å². The van der Waals surface area contributed by atoms with E-state index >= 15 is 0 Å². The molecule has 2 N–H and O–H groups in total. The van der Waals surface area contributed by atoms with Gasteiger partial charge in [0.25, 0.3) is 0 Å². The number of halogens is 2. The Morgan fingerprint density at radius 1 is 1.05 bits per heavy atom. The van der Waals surface area contributed by atoms with Crippen molar-refractivity contribution in [1.82, 2.24) is 0 Å². The Balaban J connectivity index is 2.17. The van der Waals surface area contributed by atoms with E-state index in [0.717, 1.165) is 21.5 Å². The van der Waals surface area contributed by atoms with Crippen LogP contribution >= 0.6 is 27.5 Å². The molecule has 0 heterocycles. The van der Waals surface area contributed by atoms with Crippen molar-refractivity contribution < 1.29 is 0 Å². The zero-order valence-corrected chi connectivity index (χ0v) is 14.8. The van der Waals surface area contributed by atoms with Gasteiger partial charge in [0.2, 0.25) is 0 Å². The van der Waals surface area contributed by atoms with Gasteiger partial charge in [-0.25, -0.2) is 0 Å². The van der Waals surface area contributed by atoms with E-state index in [1.165, 1.54) is 51.4 Å². The van der Waals surface area contributed by atoms with Gasteiger partial charge in [-0.2, -0.15) is 0 Å². The SMILES string of the molecule is CCCCCCCCCCC(N)c1cccc(Br)c1Cl. The Morgan fingerprint density at radius 2 is 1.65 bits per heavy atom. The second kappa shape index (κ2) is 10.6. The van der Waals surface area contributed by atoms with Gasteiger partial charge in [0, 0.05) is 10.5 Å². The third-order valence-corrected chi connectivity index (χ3v) is 5.06. The van der Waals surface area contributed by atoms with Gasteiger partial charge in [-0.3, -0.25) is 0 Å². The van der Waals surface area contributed by atoms with Crippen LogP contribution in [0.4, 0.5) is 0 Å². The molecule has 0 aliphatic rings. The summed E-state index contributed by atoms with van der Waals surface area (Å²) in [7, 11) is 0. The minimum atomic E-state index is 0.0556. The molecule has 0 spiro atoms. The van der Waals surface area contributed by atoms with Crippen molar-refractivity contribution in [1.29, 1.82) is 0 Å². The van der Waals surface area contributed by atoms with Crippen LogP contribution in [0, 0.1) is 0 Å². The van der Waals surface area contributed by atoms with Gasteiger partial charge in [0.05, 0.1) is 5.02 Å². The van der Waals surface area contributed by atoms with Crippen molar-refractivity contribution in [2.24, 2.45) is 5.73 Å². The molecule has 0 amide bonds. The standard InChI is InChI=1S/C17H27BrClN/c1-2-3-4-5-6-7-8-9-13-16(20)14-11-10-12-15(18)17(14)19/h10-12,16H,2-9,13,20H2,1H3. The first-order valence-corrected chi connectivity index (χ1v) is 9.03. The van der Waals surface area contributed by atoms with Crippen molar-refractivity contribution in [2.75, 3.05) is 0 Å². The van der Waals surface area contributed by atoms with Crippen LogP contribution < -0.4 is 5.73 Å². The lowest BCUT2D eigenvalue weighted by Gasteiger charge is -2.14. The monoisotopic (exact) mass is 359 g/mol. The molecule has 0 saturated carbocycles. The highest BCUT2D eigenvalue weighted by Gasteiger charge is 2.11. The average molecular weight is 361 g/mol. The Labute approximate surface area is 137 Å². The summed E-state index contributed by atoms with van der Waals surface area (Å²) in [4.78, 5) is 0. The summed E-state index contributed by atoms with van der Waals surface area (Å²) < 4.78 is 0.933. The second-order valence-corrected chi connectivity index (χ2v) is 6.75. The molecule has 0 aromatic heterocycles. The molecule has 0 aliphatic heterocycles. The summed E-state index contributed by atoms with van der Waals surface area (Å²) in [6.45, 7) is 2.26. The highest BCUT2D eigenvalue weighted by Crippen LogP contribution is 2.31. The van der Waals surface area contributed by atoms with Crippen LogP contribution in [-0.4, -0.2) is 0 Å². The van der Waals surface area contributed by atoms with E-state index in [-0.39, 0.29) is 6.04 Å².